The zero-order valence-corrected chi connectivity index (χ0v) is 15.0. The van der Waals surface area contributed by atoms with Gasteiger partial charge in [0.25, 0.3) is 5.91 Å². The van der Waals surface area contributed by atoms with Gasteiger partial charge in [-0.05, 0) is 36.3 Å². The second kappa shape index (κ2) is 6.36. The van der Waals surface area contributed by atoms with E-state index in [1.165, 1.54) is 5.06 Å². The van der Waals surface area contributed by atoms with Crippen molar-refractivity contribution in [1.82, 2.24) is 5.06 Å². The molecular weight excluding hydrogens is 294 g/mol. The first-order valence-corrected chi connectivity index (χ1v) is 10.5. The van der Waals surface area contributed by atoms with Crippen molar-refractivity contribution in [3.05, 3.63) is 48.0 Å². The molecule has 0 aliphatic carbocycles. The highest BCUT2D eigenvalue weighted by Crippen LogP contribution is 2.37. The highest BCUT2D eigenvalue weighted by Gasteiger charge is 2.40. The fourth-order valence-corrected chi connectivity index (χ4v) is 2.91. The van der Waals surface area contributed by atoms with E-state index < -0.39 is 14.6 Å². The largest absolute Gasteiger partial charge is 0.388 e. The monoisotopic (exact) mass is 319 g/mol. The summed E-state index contributed by atoms with van der Waals surface area (Å²) in [4.78, 5) is 18.2. The third-order valence-electron chi connectivity index (χ3n) is 4.26. The molecule has 0 saturated heterocycles. The standard InChI is InChI=1S/C17H25NO3Si/c1-17(2,3)22(4,5)21-15-12-9-13-18(20-15)16(19)14-10-7-6-8-11-14/h6-12,15H,13H2,1-5H3. The zero-order chi connectivity index (χ0) is 16.4. The van der Waals surface area contributed by atoms with Gasteiger partial charge in [0.1, 0.15) is 0 Å². The van der Waals surface area contributed by atoms with Crippen LogP contribution in [-0.2, 0) is 9.26 Å². The molecule has 1 amide bonds. The van der Waals surface area contributed by atoms with E-state index >= 15 is 0 Å². The summed E-state index contributed by atoms with van der Waals surface area (Å²) in [6, 6.07) is 9.14. The molecule has 0 N–H and O–H groups in total. The summed E-state index contributed by atoms with van der Waals surface area (Å²) < 4.78 is 6.20. The summed E-state index contributed by atoms with van der Waals surface area (Å²) in [5.41, 5.74) is 0.615. The van der Waals surface area contributed by atoms with Gasteiger partial charge < -0.3 is 4.43 Å². The number of benzene rings is 1. The van der Waals surface area contributed by atoms with E-state index in [1.54, 1.807) is 12.1 Å². The number of hydrogen-bond acceptors (Lipinski definition) is 3. The van der Waals surface area contributed by atoms with Crippen molar-refractivity contribution in [2.45, 2.75) is 45.2 Å². The van der Waals surface area contributed by atoms with Crippen molar-refractivity contribution < 1.29 is 14.1 Å². The maximum atomic E-state index is 12.4. The Kier molecular flexibility index (Phi) is 4.89. The molecule has 1 aliphatic rings. The van der Waals surface area contributed by atoms with Crippen LogP contribution in [0.15, 0.2) is 42.5 Å². The second-order valence-corrected chi connectivity index (χ2v) is 11.8. The Morgan fingerprint density at radius 1 is 1.27 bits per heavy atom. The van der Waals surface area contributed by atoms with Crippen molar-refractivity contribution in [1.29, 1.82) is 0 Å². The van der Waals surface area contributed by atoms with Crippen molar-refractivity contribution in [2.75, 3.05) is 6.54 Å². The van der Waals surface area contributed by atoms with Gasteiger partial charge in [0, 0.05) is 5.56 Å². The van der Waals surface area contributed by atoms with Crippen molar-refractivity contribution in [3.63, 3.8) is 0 Å². The summed E-state index contributed by atoms with van der Waals surface area (Å²) in [5, 5.41) is 1.46. The SMILES string of the molecule is CC(C)(C)[Si](C)(C)OC1C=CCN(C(=O)c2ccccc2)O1. The van der Waals surface area contributed by atoms with Crippen LogP contribution in [0.3, 0.4) is 0 Å². The number of rotatable bonds is 3. The first-order chi connectivity index (χ1) is 10.2. The van der Waals surface area contributed by atoms with Crippen molar-refractivity contribution >= 4 is 14.2 Å². The normalized spacial score (nSPS) is 19.3. The lowest BCUT2D eigenvalue weighted by Crippen LogP contribution is -2.47. The minimum absolute atomic E-state index is 0.0932. The molecule has 4 nitrogen and oxygen atoms in total. The number of hydroxylamine groups is 2. The van der Waals surface area contributed by atoms with E-state index in [2.05, 4.69) is 33.9 Å². The van der Waals surface area contributed by atoms with Gasteiger partial charge in [-0.25, -0.2) is 9.90 Å². The van der Waals surface area contributed by atoms with E-state index in [1.807, 2.05) is 30.4 Å². The Labute approximate surface area is 133 Å². The van der Waals surface area contributed by atoms with E-state index in [0.717, 1.165) is 0 Å². The fraction of sp³-hybridized carbons (Fsp3) is 0.471. The topological polar surface area (TPSA) is 38.8 Å². The fourth-order valence-electron chi connectivity index (χ4n) is 1.85. The summed E-state index contributed by atoms with van der Waals surface area (Å²) in [6.07, 6.45) is 3.31. The van der Waals surface area contributed by atoms with Crippen LogP contribution >= 0.6 is 0 Å². The Balaban J connectivity index is 2.05. The number of hydrogen-bond donors (Lipinski definition) is 0. The third kappa shape index (κ3) is 3.85. The van der Waals surface area contributed by atoms with Gasteiger partial charge in [0.15, 0.2) is 14.6 Å². The third-order valence-corrected chi connectivity index (χ3v) is 8.69. The Bertz CT molecular complexity index is 549. The van der Waals surface area contributed by atoms with E-state index in [-0.39, 0.29) is 10.9 Å². The molecule has 0 bridgehead atoms. The van der Waals surface area contributed by atoms with Gasteiger partial charge in [-0.2, -0.15) is 0 Å². The van der Waals surface area contributed by atoms with Gasteiger partial charge in [0.05, 0.1) is 6.54 Å². The number of carbonyl (C=O) groups is 1. The predicted octanol–water partition coefficient (Wildman–Crippen LogP) is 3.98. The molecule has 120 valence electrons. The van der Waals surface area contributed by atoms with Gasteiger partial charge in [-0.3, -0.25) is 4.79 Å². The molecule has 2 rings (SSSR count). The van der Waals surface area contributed by atoms with Gasteiger partial charge in [0.2, 0.25) is 0 Å². The average molecular weight is 319 g/mol. The van der Waals surface area contributed by atoms with Crippen LogP contribution in [0.5, 0.6) is 0 Å². The van der Waals surface area contributed by atoms with E-state index in [4.69, 9.17) is 9.26 Å². The molecule has 0 fully saturated rings. The summed E-state index contributed by atoms with van der Waals surface area (Å²) >= 11 is 0. The highest BCUT2D eigenvalue weighted by molar-refractivity contribution is 6.74. The molecule has 5 heteroatoms. The molecule has 22 heavy (non-hydrogen) atoms. The van der Waals surface area contributed by atoms with Gasteiger partial charge in [-0.1, -0.05) is 45.0 Å². The smallest absolute Gasteiger partial charge is 0.277 e. The molecule has 1 aliphatic heterocycles. The number of carbonyl (C=O) groups excluding carboxylic acids is 1. The lowest BCUT2D eigenvalue weighted by atomic mass is 10.2. The summed E-state index contributed by atoms with van der Waals surface area (Å²) in [7, 11) is -1.95. The Morgan fingerprint density at radius 2 is 1.91 bits per heavy atom. The molecule has 1 aromatic rings. The van der Waals surface area contributed by atoms with Gasteiger partial charge in [-0.15, -0.1) is 0 Å². The zero-order valence-electron chi connectivity index (χ0n) is 14.0. The Morgan fingerprint density at radius 3 is 2.50 bits per heavy atom. The highest BCUT2D eigenvalue weighted by atomic mass is 28.4. The van der Waals surface area contributed by atoms with Crippen molar-refractivity contribution in [3.8, 4) is 0 Å². The minimum Gasteiger partial charge on any atom is -0.388 e. The average Bonchev–Trinajstić information content (AvgIpc) is 2.46. The quantitative estimate of drug-likeness (QED) is 0.625. The maximum Gasteiger partial charge on any atom is 0.277 e. The number of amides is 1. The van der Waals surface area contributed by atoms with Crippen LogP contribution in [0.4, 0.5) is 0 Å². The summed E-state index contributed by atoms with van der Waals surface area (Å²) in [5.74, 6) is -0.145. The second-order valence-electron chi connectivity index (χ2n) is 7.01. The van der Waals surface area contributed by atoms with Crippen LogP contribution in [0.25, 0.3) is 0 Å². The number of nitrogens with zero attached hydrogens (tertiary/aromatic N) is 1. The molecule has 1 aromatic carbocycles. The molecule has 0 aromatic heterocycles. The molecule has 1 unspecified atom stereocenters. The molecule has 0 spiro atoms. The van der Waals surface area contributed by atoms with Gasteiger partial charge >= 0.3 is 0 Å². The van der Waals surface area contributed by atoms with E-state index in [0.29, 0.717) is 12.1 Å². The van der Waals surface area contributed by atoms with E-state index in [9.17, 15) is 4.79 Å². The van der Waals surface area contributed by atoms with Crippen LogP contribution in [-0.4, -0.2) is 32.1 Å². The lowest BCUT2D eigenvalue weighted by molar-refractivity contribution is -0.211. The van der Waals surface area contributed by atoms with Crippen LogP contribution in [0.2, 0.25) is 18.1 Å². The van der Waals surface area contributed by atoms with Crippen LogP contribution in [0, 0.1) is 0 Å². The first-order valence-electron chi connectivity index (χ1n) is 7.59. The molecule has 1 heterocycles. The first kappa shape index (κ1) is 16.9. The minimum atomic E-state index is -1.95. The van der Waals surface area contributed by atoms with Crippen LogP contribution < -0.4 is 0 Å². The lowest BCUT2D eigenvalue weighted by Gasteiger charge is -2.40. The molecular formula is C17H25NO3Si. The Hall–Kier alpha value is -1.43. The van der Waals surface area contributed by atoms with Crippen molar-refractivity contribution in [2.24, 2.45) is 0 Å². The summed E-state index contributed by atoms with van der Waals surface area (Å²) in [6.45, 7) is 11.3. The van der Waals surface area contributed by atoms with Crippen LogP contribution in [0.1, 0.15) is 31.1 Å². The molecule has 1 atom stereocenters. The molecule has 0 saturated carbocycles. The predicted molar refractivity (Wildman–Crippen MR) is 89.8 cm³/mol. The molecule has 0 radical (unpaired) electrons. The maximum absolute atomic E-state index is 12.4.